The number of halogens is 2. The molecule has 0 radical (unpaired) electrons. The minimum Gasteiger partial charge on any atom is -0.371 e. The Morgan fingerprint density at radius 3 is 2.47 bits per heavy atom. The lowest BCUT2D eigenvalue weighted by molar-refractivity contribution is -0.120. The minimum absolute atomic E-state index is 0.123. The molecule has 2 N–H and O–H groups in total. The standard InChI is InChI=1S/C23H21ClFN5O2/c24-16-1-4-21(27-14-16)29-23(32)19-3-2-17(25)13-20(19)28-22(31)15-7-11-30(12-8-15)18-5-9-26-10-6-18/h1-6,9-10,13-15H,7-8,11-12H2,(H,28,31)(H,27,29,32). The van der Waals surface area contributed by atoms with Crippen LogP contribution in [0.1, 0.15) is 23.2 Å². The Morgan fingerprint density at radius 2 is 1.78 bits per heavy atom. The van der Waals surface area contributed by atoms with Gasteiger partial charge in [-0.15, -0.1) is 0 Å². The smallest absolute Gasteiger partial charge is 0.258 e. The first kappa shape index (κ1) is 21.7. The molecule has 1 aliphatic rings. The highest BCUT2D eigenvalue weighted by atomic mass is 35.5. The molecule has 9 heteroatoms. The SMILES string of the molecule is O=C(Nc1ccc(Cl)cn1)c1ccc(F)cc1NC(=O)C1CCN(c2ccncc2)CC1. The summed E-state index contributed by atoms with van der Waals surface area (Å²) in [5, 5.41) is 5.81. The van der Waals surface area contributed by atoms with Crippen molar-refractivity contribution in [1.29, 1.82) is 0 Å². The topological polar surface area (TPSA) is 87.2 Å². The molecular weight excluding hydrogens is 433 g/mol. The van der Waals surface area contributed by atoms with Gasteiger partial charge >= 0.3 is 0 Å². The third-order valence-electron chi connectivity index (χ3n) is 5.35. The summed E-state index contributed by atoms with van der Waals surface area (Å²) in [7, 11) is 0. The van der Waals surface area contributed by atoms with Crippen LogP contribution in [0.3, 0.4) is 0 Å². The first-order chi connectivity index (χ1) is 15.5. The highest BCUT2D eigenvalue weighted by Crippen LogP contribution is 2.25. The second-order valence-electron chi connectivity index (χ2n) is 7.46. The van der Waals surface area contributed by atoms with Crippen LogP contribution in [0.4, 0.5) is 21.6 Å². The lowest BCUT2D eigenvalue weighted by atomic mass is 9.95. The number of piperidine rings is 1. The Labute approximate surface area is 189 Å². The van der Waals surface area contributed by atoms with Crippen molar-refractivity contribution in [2.75, 3.05) is 28.6 Å². The fourth-order valence-electron chi connectivity index (χ4n) is 3.64. The quantitative estimate of drug-likeness (QED) is 0.598. The van der Waals surface area contributed by atoms with Crippen molar-refractivity contribution in [3.63, 3.8) is 0 Å². The molecule has 0 unspecified atom stereocenters. The van der Waals surface area contributed by atoms with Gasteiger partial charge in [-0.3, -0.25) is 14.6 Å². The van der Waals surface area contributed by atoms with Crippen molar-refractivity contribution >= 4 is 40.6 Å². The Balaban J connectivity index is 1.42. The number of anilines is 3. The molecule has 32 heavy (non-hydrogen) atoms. The Bertz CT molecular complexity index is 1100. The fourth-order valence-corrected chi connectivity index (χ4v) is 3.75. The Hall–Kier alpha value is -3.52. The molecule has 3 heterocycles. The average Bonchev–Trinajstić information content (AvgIpc) is 2.81. The first-order valence-electron chi connectivity index (χ1n) is 10.2. The lowest BCUT2D eigenvalue weighted by Gasteiger charge is -2.33. The summed E-state index contributed by atoms with van der Waals surface area (Å²) >= 11 is 5.81. The molecule has 1 saturated heterocycles. The van der Waals surface area contributed by atoms with Crippen LogP contribution >= 0.6 is 11.6 Å². The predicted molar refractivity (Wildman–Crippen MR) is 121 cm³/mol. The van der Waals surface area contributed by atoms with Crippen LogP contribution in [-0.4, -0.2) is 34.9 Å². The summed E-state index contributed by atoms with van der Waals surface area (Å²) in [5.41, 5.74) is 1.34. The van der Waals surface area contributed by atoms with Gasteiger partial charge in [0.25, 0.3) is 5.91 Å². The monoisotopic (exact) mass is 453 g/mol. The molecule has 0 saturated carbocycles. The van der Waals surface area contributed by atoms with Crippen molar-refractivity contribution in [3.05, 3.63) is 77.5 Å². The number of nitrogens with one attached hydrogen (secondary N) is 2. The van der Waals surface area contributed by atoms with E-state index in [1.807, 2.05) is 12.1 Å². The zero-order valence-corrected chi connectivity index (χ0v) is 17.8. The van der Waals surface area contributed by atoms with E-state index in [1.54, 1.807) is 24.5 Å². The normalized spacial score (nSPS) is 14.1. The predicted octanol–water partition coefficient (Wildman–Crippen LogP) is 4.38. The van der Waals surface area contributed by atoms with E-state index in [1.165, 1.54) is 18.3 Å². The number of benzene rings is 1. The number of rotatable bonds is 5. The van der Waals surface area contributed by atoms with Gasteiger partial charge in [-0.25, -0.2) is 9.37 Å². The van der Waals surface area contributed by atoms with Crippen LogP contribution < -0.4 is 15.5 Å². The summed E-state index contributed by atoms with van der Waals surface area (Å²) in [6.07, 6.45) is 6.19. The van der Waals surface area contributed by atoms with E-state index in [9.17, 15) is 14.0 Å². The van der Waals surface area contributed by atoms with E-state index >= 15 is 0 Å². The molecule has 0 spiro atoms. The lowest BCUT2D eigenvalue weighted by Crippen LogP contribution is -2.38. The molecule has 2 aromatic heterocycles. The van der Waals surface area contributed by atoms with E-state index in [0.29, 0.717) is 23.7 Å². The largest absolute Gasteiger partial charge is 0.371 e. The van der Waals surface area contributed by atoms with Gasteiger partial charge in [-0.05, 0) is 55.3 Å². The number of aromatic nitrogens is 2. The van der Waals surface area contributed by atoms with Crippen LogP contribution in [0.2, 0.25) is 5.02 Å². The van der Waals surface area contributed by atoms with Crippen molar-refractivity contribution in [2.24, 2.45) is 5.92 Å². The third kappa shape index (κ3) is 5.20. The zero-order chi connectivity index (χ0) is 22.5. The van der Waals surface area contributed by atoms with Gasteiger partial charge in [0.2, 0.25) is 5.91 Å². The van der Waals surface area contributed by atoms with Crippen molar-refractivity contribution < 1.29 is 14.0 Å². The maximum Gasteiger partial charge on any atom is 0.258 e. The van der Waals surface area contributed by atoms with E-state index in [0.717, 1.165) is 24.8 Å². The van der Waals surface area contributed by atoms with E-state index in [-0.39, 0.29) is 23.1 Å². The van der Waals surface area contributed by atoms with Gasteiger partial charge in [0.05, 0.1) is 16.3 Å². The van der Waals surface area contributed by atoms with E-state index in [2.05, 4.69) is 25.5 Å². The van der Waals surface area contributed by atoms with Crippen molar-refractivity contribution in [2.45, 2.75) is 12.8 Å². The van der Waals surface area contributed by atoms with Gasteiger partial charge in [-0.2, -0.15) is 0 Å². The van der Waals surface area contributed by atoms with Gasteiger partial charge in [0.1, 0.15) is 11.6 Å². The number of hydrogen-bond donors (Lipinski definition) is 2. The fraction of sp³-hybridized carbons (Fsp3) is 0.217. The van der Waals surface area contributed by atoms with E-state index < -0.39 is 11.7 Å². The molecule has 4 rings (SSSR count). The summed E-state index contributed by atoms with van der Waals surface area (Å²) < 4.78 is 13.9. The van der Waals surface area contributed by atoms with Crippen LogP contribution in [0.25, 0.3) is 0 Å². The van der Waals surface area contributed by atoms with Gasteiger partial charge < -0.3 is 15.5 Å². The summed E-state index contributed by atoms with van der Waals surface area (Å²) in [5.74, 6) is -1.23. The molecule has 7 nitrogen and oxygen atoms in total. The molecule has 2 amide bonds. The van der Waals surface area contributed by atoms with Gasteiger partial charge in [0.15, 0.2) is 0 Å². The van der Waals surface area contributed by atoms with Gasteiger partial charge in [-0.1, -0.05) is 11.6 Å². The van der Waals surface area contributed by atoms with Crippen molar-refractivity contribution in [3.8, 4) is 0 Å². The average molecular weight is 454 g/mol. The van der Waals surface area contributed by atoms with Gasteiger partial charge in [0, 0.05) is 43.3 Å². The summed E-state index contributed by atoms with van der Waals surface area (Å²) in [6.45, 7) is 1.45. The summed E-state index contributed by atoms with van der Waals surface area (Å²) in [4.78, 5) is 35.8. The molecule has 1 aromatic carbocycles. The second kappa shape index (κ2) is 9.74. The van der Waals surface area contributed by atoms with Crippen LogP contribution in [0.15, 0.2) is 61.1 Å². The number of carbonyl (C=O) groups excluding carboxylic acids is 2. The van der Waals surface area contributed by atoms with Crippen LogP contribution in [0, 0.1) is 11.7 Å². The van der Waals surface area contributed by atoms with Crippen LogP contribution in [-0.2, 0) is 4.79 Å². The molecular formula is C23H21ClFN5O2. The molecule has 0 aliphatic carbocycles. The third-order valence-corrected chi connectivity index (χ3v) is 5.57. The molecule has 0 bridgehead atoms. The Kier molecular flexibility index (Phi) is 6.61. The molecule has 164 valence electrons. The molecule has 3 aromatic rings. The van der Waals surface area contributed by atoms with Crippen LogP contribution in [0.5, 0.6) is 0 Å². The number of pyridine rings is 2. The Morgan fingerprint density at radius 1 is 1.03 bits per heavy atom. The van der Waals surface area contributed by atoms with E-state index in [4.69, 9.17) is 11.6 Å². The number of carbonyl (C=O) groups is 2. The maximum absolute atomic E-state index is 13.9. The van der Waals surface area contributed by atoms with Crippen molar-refractivity contribution in [1.82, 2.24) is 9.97 Å². The minimum atomic E-state index is -0.547. The second-order valence-corrected chi connectivity index (χ2v) is 7.90. The summed E-state index contributed by atoms with van der Waals surface area (Å²) in [6, 6.07) is 10.7. The first-order valence-corrected chi connectivity index (χ1v) is 10.6. The molecule has 1 fully saturated rings. The molecule has 0 atom stereocenters. The zero-order valence-electron chi connectivity index (χ0n) is 17.1. The highest BCUT2D eigenvalue weighted by Gasteiger charge is 2.26. The number of nitrogens with zero attached hydrogens (tertiary/aromatic N) is 3. The number of hydrogen-bond acceptors (Lipinski definition) is 5. The highest BCUT2D eigenvalue weighted by molar-refractivity contribution is 6.30. The maximum atomic E-state index is 13.9. The molecule has 1 aliphatic heterocycles. The number of amides is 2.